The Bertz CT molecular complexity index is 846. The summed E-state index contributed by atoms with van der Waals surface area (Å²) in [5, 5.41) is 12.3. The second kappa shape index (κ2) is 19.5. The normalized spacial score (nSPS) is 11.8. The molecule has 0 unspecified atom stereocenters. The van der Waals surface area contributed by atoms with Crippen molar-refractivity contribution in [3.63, 3.8) is 0 Å². The Labute approximate surface area is 228 Å². The number of aliphatic carboxylic acids is 1. The van der Waals surface area contributed by atoms with E-state index in [1.54, 1.807) is 31.4 Å². The molecule has 216 valence electrons. The van der Waals surface area contributed by atoms with Gasteiger partial charge in [-0.05, 0) is 70.2 Å². The van der Waals surface area contributed by atoms with E-state index in [0.29, 0.717) is 75.4 Å². The fourth-order valence-corrected chi connectivity index (χ4v) is 6.48. The Morgan fingerprint density at radius 1 is 0.895 bits per heavy atom. The van der Waals surface area contributed by atoms with Crippen LogP contribution in [0.2, 0.25) is 6.04 Å². The molecule has 38 heavy (non-hydrogen) atoms. The molecule has 0 aliphatic rings. The lowest BCUT2D eigenvalue weighted by Gasteiger charge is -2.28. The number of ether oxygens (including phenoxy) is 3. The lowest BCUT2D eigenvalue weighted by atomic mass is 10.0. The van der Waals surface area contributed by atoms with Crippen molar-refractivity contribution < 1.29 is 42.2 Å². The molecule has 0 saturated carbocycles. The van der Waals surface area contributed by atoms with E-state index in [9.17, 15) is 14.7 Å². The lowest BCUT2D eigenvalue weighted by Crippen LogP contribution is -2.46. The van der Waals surface area contributed by atoms with Crippen LogP contribution in [0.25, 0.3) is 6.08 Å². The SMILES string of the molecule is CCO[Si](CCCNC(=O)OCCCCCCC(=Cc1ccc(OC)c(OC)c1)C(=O)O)(OCC)OCC. The number of amides is 1. The minimum atomic E-state index is -2.70. The summed E-state index contributed by atoms with van der Waals surface area (Å²) in [6.07, 6.45) is 5.43. The van der Waals surface area contributed by atoms with E-state index in [0.717, 1.165) is 24.8 Å². The molecule has 0 aliphatic heterocycles. The van der Waals surface area contributed by atoms with Gasteiger partial charge in [0.2, 0.25) is 0 Å². The van der Waals surface area contributed by atoms with Crippen LogP contribution in [-0.4, -0.2) is 73.2 Å². The van der Waals surface area contributed by atoms with Crippen LogP contribution in [0.4, 0.5) is 4.79 Å². The summed E-state index contributed by atoms with van der Waals surface area (Å²) in [5.41, 5.74) is 1.07. The Morgan fingerprint density at radius 2 is 1.53 bits per heavy atom. The summed E-state index contributed by atoms with van der Waals surface area (Å²) >= 11 is 0. The van der Waals surface area contributed by atoms with Crippen molar-refractivity contribution in [3.05, 3.63) is 29.3 Å². The first-order chi connectivity index (χ1) is 18.3. The van der Waals surface area contributed by atoms with Gasteiger partial charge in [-0.1, -0.05) is 18.9 Å². The highest BCUT2D eigenvalue weighted by molar-refractivity contribution is 6.60. The highest BCUT2D eigenvalue weighted by atomic mass is 28.4. The monoisotopic (exact) mass is 555 g/mol. The molecule has 10 nitrogen and oxygen atoms in total. The summed E-state index contributed by atoms with van der Waals surface area (Å²) in [5.74, 6) is 0.195. The van der Waals surface area contributed by atoms with Crippen LogP contribution in [0.3, 0.4) is 0 Å². The van der Waals surface area contributed by atoms with E-state index in [4.69, 9.17) is 27.5 Å². The Balaban J connectivity index is 2.30. The van der Waals surface area contributed by atoms with Gasteiger partial charge in [0.1, 0.15) is 0 Å². The number of methoxy groups -OCH3 is 2. The quantitative estimate of drug-likeness (QED) is 0.118. The van der Waals surface area contributed by atoms with Crippen LogP contribution in [0.15, 0.2) is 23.8 Å². The Kier molecular flexibility index (Phi) is 17.1. The molecule has 0 bridgehead atoms. The molecule has 0 aliphatic carbocycles. The molecule has 11 heteroatoms. The highest BCUT2D eigenvalue weighted by Crippen LogP contribution is 2.29. The maximum absolute atomic E-state index is 12.0. The largest absolute Gasteiger partial charge is 0.500 e. The smallest absolute Gasteiger partial charge is 0.493 e. The number of nitrogens with one attached hydrogen (secondary N) is 1. The average Bonchev–Trinajstić information content (AvgIpc) is 2.90. The predicted octanol–water partition coefficient (Wildman–Crippen LogP) is 5.29. The summed E-state index contributed by atoms with van der Waals surface area (Å²) in [7, 11) is 0.391. The maximum Gasteiger partial charge on any atom is 0.500 e. The van der Waals surface area contributed by atoms with E-state index in [1.165, 1.54) is 7.11 Å². The van der Waals surface area contributed by atoms with Gasteiger partial charge in [-0.3, -0.25) is 0 Å². The van der Waals surface area contributed by atoms with Gasteiger partial charge in [0.05, 0.1) is 20.8 Å². The minimum Gasteiger partial charge on any atom is -0.493 e. The van der Waals surface area contributed by atoms with Crippen LogP contribution >= 0.6 is 0 Å². The summed E-state index contributed by atoms with van der Waals surface area (Å²) in [6, 6.07) is 5.92. The van der Waals surface area contributed by atoms with E-state index in [1.807, 2.05) is 20.8 Å². The molecule has 1 aromatic rings. The van der Waals surface area contributed by atoms with Gasteiger partial charge in [-0.2, -0.15) is 0 Å². The molecule has 1 rings (SSSR count). The fraction of sp³-hybridized carbons (Fsp3) is 0.630. The van der Waals surface area contributed by atoms with Crippen molar-refractivity contribution in [1.82, 2.24) is 5.32 Å². The van der Waals surface area contributed by atoms with Crippen LogP contribution in [-0.2, 0) is 22.8 Å². The third-order valence-corrected chi connectivity index (χ3v) is 8.77. The zero-order valence-electron chi connectivity index (χ0n) is 23.5. The topological polar surface area (TPSA) is 122 Å². The molecule has 0 fully saturated rings. The van der Waals surface area contributed by atoms with E-state index in [2.05, 4.69) is 5.32 Å². The number of unbranched alkanes of at least 4 members (excludes halogenated alkanes) is 3. The van der Waals surface area contributed by atoms with E-state index >= 15 is 0 Å². The Hall–Kier alpha value is -2.60. The van der Waals surface area contributed by atoms with Gasteiger partial charge in [0.25, 0.3) is 0 Å². The first kappa shape index (κ1) is 33.4. The average molecular weight is 556 g/mol. The number of carbonyl (C=O) groups is 2. The van der Waals surface area contributed by atoms with E-state index < -0.39 is 20.9 Å². The number of hydrogen-bond acceptors (Lipinski definition) is 8. The third kappa shape index (κ3) is 12.8. The van der Waals surface area contributed by atoms with Crippen LogP contribution < -0.4 is 14.8 Å². The second-order valence-electron chi connectivity index (χ2n) is 8.40. The molecule has 0 saturated heterocycles. The van der Waals surface area contributed by atoms with E-state index in [-0.39, 0.29) is 0 Å². The van der Waals surface area contributed by atoms with Gasteiger partial charge < -0.3 is 37.9 Å². The van der Waals surface area contributed by atoms with Gasteiger partial charge in [-0.25, -0.2) is 9.59 Å². The van der Waals surface area contributed by atoms with Crippen molar-refractivity contribution in [2.24, 2.45) is 0 Å². The first-order valence-corrected chi connectivity index (χ1v) is 15.3. The molecule has 1 amide bonds. The summed E-state index contributed by atoms with van der Waals surface area (Å²) in [6.45, 7) is 8.07. The van der Waals surface area contributed by atoms with Crippen LogP contribution in [0.1, 0.15) is 64.9 Å². The zero-order chi connectivity index (χ0) is 28.2. The maximum atomic E-state index is 12.0. The standard InChI is InChI=1S/C27H45NO9Si/c1-6-35-38(36-7-2,37-8-3)19-13-17-28-27(31)34-18-12-10-9-11-14-23(26(29)30)20-22-15-16-24(32-4)25(21-22)33-5/h15-16,20-21H,6-14,17-19H2,1-5H3,(H,28,31)(H,29,30). The lowest BCUT2D eigenvalue weighted by molar-refractivity contribution is -0.132. The molecular formula is C27H45NO9Si. The van der Waals surface area contributed by atoms with Crippen LogP contribution in [0.5, 0.6) is 11.5 Å². The van der Waals surface area contributed by atoms with Crippen molar-refractivity contribution >= 4 is 26.9 Å². The Morgan fingerprint density at radius 3 is 2.11 bits per heavy atom. The highest BCUT2D eigenvalue weighted by Gasteiger charge is 2.39. The first-order valence-electron chi connectivity index (χ1n) is 13.3. The number of carboxylic acid groups (broad SMARTS) is 1. The van der Waals surface area contributed by atoms with Crippen molar-refractivity contribution in [1.29, 1.82) is 0 Å². The molecular weight excluding hydrogens is 510 g/mol. The number of benzene rings is 1. The second-order valence-corrected chi connectivity index (χ2v) is 11.1. The molecule has 0 spiro atoms. The molecule has 0 aromatic heterocycles. The van der Waals surface area contributed by atoms with Crippen molar-refractivity contribution in [3.8, 4) is 11.5 Å². The molecule has 0 heterocycles. The fourth-order valence-electron chi connectivity index (χ4n) is 3.87. The third-order valence-electron chi connectivity index (χ3n) is 5.62. The number of hydrogen-bond donors (Lipinski definition) is 2. The number of rotatable bonds is 21. The molecule has 1 aromatic carbocycles. The summed E-state index contributed by atoms with van der Waals surface area (Å²) in [4.78, 5) is 23.6. The molecule has 0 radical (unpaired) electrons. The summed E-state index contributed by atoms with van der Waals surface area (Å²) < 4.78 is 33.2. The van der Waals surface area contributed by atoms with Gasteiger partial charge in [0.15, 0.2) is 11.5 Å². The van der Waals surface area contributed by atoms with Crippen molar-refractivity contribution in [2.75, 3.05) is 47.2 Å². The number of carboxylic acids is 1. The van der Waals surface area contributed by atoms with Gasteiger partial charge in [0, 0.05) is 38.0 Å². The molecule has 2 N–H and O–H groups in total. The van der Waals surface area contributed by atoms with Crippen LogP contribution in [0, 0.1) is 0 Å². The number of alkyl carbamates (subject to hydrolysis) is 1. The van der Waals surface area contributed by atoms with Gasteiger partial charge >= 0.3 is 20.9 Å². The number of carbonyl (C=O) groups excluding carboxylic acids is 1. The van der Waals surface area contributed by atoms with Crippen molar-refractivity contribution in [2.45, 2.75) is 65.3 Å². The minimum absolute atomic E-state index is 0.314. The predicted molar refractivity (Wildman–Crippen MR) is 148 cm³/mol. The zero-order valence-corrected chi connectivity index (χ0v) is 24.5. The van der Waals surface area contributed by atoms with Gasteiger partial charge in [-0.15, -0.1) is 0 Å². The molecule has 0 atom stereocenters.